The van der Waals surface area contributed by atoms with Crippen LogP contribution >= 0.6 is 0 Å². The summed E-state index contributed by atoms with van der Waals surface area (Å²) in [7, 11) is 0. The van der Waals surface area contributed by atoms with Gasteiger partial charge in [-0.1, -0.05) is 0 Å². The van der Waals surface area contributed by atoms with Crippen molar-refractivity contribution in [2.75, 3.05) is 13.1 Å². The molecule has 1 rings (SSSR count). The Hall–Kier alpha value is -1.13. The highest BCUT2D eigenvalue weighted by molar-refractivity contribution is 5.69. The molecular formula is C11H18FNO3. The van der Waals surface area contributed by atoms with Crippen LogP contribution in [0.2, 0.25) is 0 Å². The molecular weight excluding hydrogens is 213 g/mol. The molecule has 0 saturated carbocycles. The van der Waals surface area contributed by atoms with E-state index in [1.807, 2.05) is 0 Å². The summed E-state index contributed by atoms with van der Waals surface area (Å²) < 4.78 is 18.4. The molecule has 0 bridgehead atoms. The molecule has 2 unspecified atom stereocenters. The predicted octanol–water partition coefficient (Wildman–Crippen LogP) is 1.78. The predicted molar refractivity (Wildman–Crippen MR) is 56.9 cm³/mol. The summed E-state index contributed by atoms with van der Waals surface area (Å²) in [4.78, 5) is 23.6. The van der Waals surface area contributed by atoms with E-state index in [4.69, 9.17) is 4.74 Å². The fraction of sp³-hybridized carbons (Fsp3) is 0.818. The highest BCUT2D eigenvalue weighted by atomic mass is 19.1. The van der Waals surface area contributed by atoms with E-state index in [1.165, 1.54) is 4.90 Å². The third-order valence-electron chi connectivity index (χ3n) is 2.40. The van der Waals surface area contributed by atoms with Crippen molar-refractivity contribution >= 4 is 12.4 Å². The number of piperidine rings is 1. The van der Waals surface area contributed by atoms with Crippen molar-refractivity contribution < 1.29 is 18.7 Å². The number of likely N-dealkylation sites (tertiary alicyclic amines) is 1. The normalized spacial score (nSPS) is 26.4. The SMILES string of the molecule is CC(C)(C)OC(=O)N1CCC(F)C(C=O)C1. The quantitative estimate of drug-likeness (QED) is 0.646. The van der Waals surface area contributed by atoms with Crippen LogP contribution in [0.4, 0.5) is 9.18 Å². The van der Waals surface area contributed by atoms with Gasteiger partial charge >= 0.3 is 6.09 Å². The first kappa shape index (κ1) is 12.9. The summed E-state index contributed by atoms with van der Waals surface area (Å²) in [5, 5.41) is 0. The van der Waals surface area contributed by atoms with Crippen molar-refractivity contribution in [2.45, 2.75) is 39.0 Å². The maximum absolute atomic E-state index is 13.2. The average Bonchev–Trinajstić information content (AvgIpc) is 2.15. The van der Waals surface area contributed by atoms with E-state index in [2.05, 4.69) is 0 Å². The van der Waals surface area contributed by atoms with Gasteiger partial charge in [0.2, 0.25) is 0 Å². The smallest absolute Gasteiger partial charge is 0.410 e. The second-order valence-corrected chi connectivity index (χ2v) is 5.03. The zero-order valence-electron chi connectivity index (χ0n) is 9.90. The van der Waals surface area contributed by atoms with E-state index >= 15 is 0 Å². The standard InChI is InChI=1S/C11H18FNO3/c1-11(2,3)16-10(15)13-5-4-9(12)8(6-13)7-14/h7-9H,4-6H2,1-3H3. The van der Waals surface area contributed by atoms with Crippen molar-refractivity contribution in [3.8, 4) is 0 Å². The first-order valence-electron chi connectivity index (χ1n) is 5.41. The average molecular weight is 231 g/mol. The zero-order chi connectivity index (χ0) is 12.3. The number of carbonyl (C=O) groups excluding carboxylic acids is 2. The van der Waals surface area contributed by atoms with Gasteiger partial charge in [-0.3, -0.25) is 0 Å². The van der Waals surface area contributed by atoms with E-state index in [0.717, 1.165) is 0 Å². The maximum Gasteiger partial charge on any atom is 0.410 e. The van der Waals surface area contributed by atoms with Gasteiger partial charge in [0.25, 0.3) is 0 Å². The number of carbonyl (C=O) groups is 2. The molecule has 0 spiro atoms. The van der Waals surface area contributed by atoms with Gasteiger partial charge in [-0.25, -0.2) is 9.18 Å². The first-order chi connectivity index (χ1) is 7.33. The number of ether oxygens (including phenoxy) is 1. The number of hydrogen-bond donors (Lipinski definition) is 0. The Kier molecular flexibility index (Phi) is 3.88. The monoisotopic (exact) mass is 231 g/mol. The number of halogens is 1. The van der Waals surface area contributed by atoms with Gasteiger partial charge in [0.05, 0.1) is 5.92 Å². The minimum Gasteiger partial charge on any atom is -0.444 e. The lowest BCUT2D eigenvalue weighted by atomic mass is 9.98. The van der Waals surface area contributed by atoms with Gasteiger partial charge in [-0.2, -0.15) is 0 Å². The van der Waals surface area contributed by atoms with Crippen LogP contribution in [0.1, 0.15) is 27.2 Å². The summed E-state index contributed by atoms with van der Waals surface area (Å²) in [6.07, 6.45) is -0.855. The summed E-state index contributed by atoms with van der Waals surface area (Å²) in [5.41, 5.74) is -0.569. The minimum atomic E-state index is -1.14. The molecule has 92 valence electrons. The third-order valence-corrected chi connectivity index (χ3v) is 2.40. The molecule has 0 aromatic carbocycles. The van der Waals surface area contributed by atoms with Crippen LogP contribution in [0, 0.1) is 5.92 Å². The molecule has 5 heteroatoms. The molecule has 0 N–H and O–H groups in total. The Morgan fingerprint density at radius 1 is 1.50 bits per heavy atom. The molecule has 0 aliphatic carbocycles. The number of rotatable bonds is 1. The van der Waals surface area contributed by atoms with Crippen LogP contribution in [-0.4, -0.2) is 42.1 Å². The van der Waals surface area contributed by atoms with Gasteiger partial charge in [0.15, 0.2) is 0 Å². The lowest BCUT2D eigenvalue weighted by Crippen LogP contribution is -2.47. The highest BCUT2D eigenvalue weighted by Crippen LogP contribution is 2.20. The minimum absolute atomic E-state index is 0.111. The van der Waals surface area contributed by atoms with E-state index < -0.39 is 23.8 Å². The molecule has 0 aromatic rings. The van der Waals surface area contributed by atoms with Crippen molar-refractivity contribution in [1.29, 1.82) is 0 Å². The van der Waals surface area contributed by atoms with Crippen molar-refractivity contribution in [3.63, 3.8) is 0 Å². The molecule has 1 heterocycles. The molecule has 1 aliphatic heterocycles. The topological polar surface area (TPSA) is 46.6 Å². The van der Waals surface area contributed by atoms with Crippen LogP contribution in [0.5, 0.6) is 0 Å². The van der Waals surface area contributed by atoms with E-state index in [9.17, 15) is 14.0 Å². The molecule has 4 nitrogen and oxygen atoms in total. The van der Waals surface area contributed by atoms with Gasteiger partial charge < -0.3 is 14.4 Å². The molecule has 16 heavy (non-hydrogen) atoms. The molecule has 1 saturated heterocycles. The summed E-state index contributed by atoms with van der Waals surface area (Å²) in [6.45, 7) is 5.72. The summed E-state index contributed by atoms with van der Waals surface area (Å²) >= 11 is 0. The summed E-state index contributed by atoms with van der Waals surface area (Å²) in [5.74, 6) is -0.721. The number of amides is 1. The first-order valence-corrected chi connectivity index (χ1v) is 5.41. The number of aldehydes is 1. The van der Waals surface area contributed by atoms with Crippen LogP contribution in [0.3, 0.4) is 0 Å². The molecule has 0 radical (unpaired) electrons. The fourth-order valence-corrected chi connectivity index (χ4v) is 1.57. The Labute approximate surface area is 94.7 Å². The lowest BCUT2D eigenvalue weighted by molar-refractivity contribution is -0.114. The van der Waals surface area contributed by atoms with Gasteiger partial charge in [0, 0.05) is 13.1 Å². The Balaban J connectivity index is 2.55. The second-order valence-electron chi connectivity index (χ2n) is 5.03. The Morgan fingerprint density at radius 3 is 2.62 bits per heavy atom. The van der Waals surface area contributed by atoms with Crippen LogP contribution < -0.4 is 0 Å². The van der Waals surface area contributed by atoms with Crippen LogP contribution in [0.15, 0.2) is 0 Å². The Bertz CT molecular complexity index is 275. The fourth-order valence-electron chi connectivity index (χ4n) is 1.57. The second kappa shape index (κ2) is 4.80. The highest BCUT2D eigenvalue weighted by Gasteiger charge is 2.33. The molecule has 1 aliphatic rings. The summed E-state index contributed by atoms with van der Waals surface area (Å²) in [6, 6.07) is 0. The van der Waals surface area contributed by atoms with Crippen molar-refractivity contribution in [2.24, 2.45) is 5.92 Å². The number of hydrogen-bond acceptors (Lipinski definition) is 3. The van der Waals surface area contributed by atoms with Crippen LogP contribution in [-0.2, 0) is 9.53 Å². The van der Waals surface area contributed by atoms with E-state index in [1.54, 1.807) is 20.8 Å². The molecule has 1 amide bonds. The lowest BCUT2D eigenvalue weighted by Gasteiger charge is -2.33. The Morgan fingerprint density at radius 2 is 2.12 bits per heavy atom. The number of alkyl halides is 1. The van der Waals surface area contributed by atoms with E-state index in [0.29, 0.717) is 12.8 Å². The van der Waals surface area contributed by atoms with Gasteiger partial charge in [-0.15, -0.1) is 0 Å². The van der Waals surface area contributed by atoms with Crippen molar-refractivity contribution in [3.05, 3.63) is 0 Å². The van der Waals surface area contributed by atoms with Gasteiger partial charge in [-0.05, 0) is 27.2 Å². The molecule has 1 fully saturated rings. The van der Waals surface area contributed by atoms with Gasteiger partial charge in [0.1, 0.15) is 18.1 Å². The zero-order valence-corrected chi connectivity index (χ0v) is 9.90. The maximum atomic E-state index is 13.2. The number of nitrogens with zero attached hydrogens (tertiary/aromatic N) is 1. The largest absolute Gasteiger partial charge is 0.444 e. The van der Waals surface area contributed by atoms with Crippen LogP contribution in [0.25, 0.3) is 0 Å². The van der Waals surface area contributed by atoms with Crippen molar-refractivity contribution in [1.82, 2.24) is 4.90 Å². The molecule has 0 aromatic heterocycles. The molecule has 2 atom stereocenters. The third kappa shape index (κ3) is 3.47. The van der Waals surface area contributed by atoms with E-state index in [-0.39, 0.29) is 13.0 Å².